The molecule has 1 fully saturated rings. The van der Waals surface area contributed by atoms with Gasteiger partial charge in [0.2, 0.25) is 0 Å². The van der Waals surface area contributed by atoms with E-state index in [4.69, 9.17) is 4.74 Å². The summed E-state index contributed by atoms with van der Waals surface area (Å²) in [5.74, 6) is 2.32. The fourth-order valence-corrected chi connectivity index (χ4v) is 3.21. The minimum Gasteiger partial charge on any atom is -0.487 e. The van der Waals surface area contributed by atoms with Crippen LogP contribution in [-0.4, -0.2) is 41.6 Å². The standard InChI is InChI=1S/C18H20N4O2/c1-11-4-3-5-13(8-11)24-14-9-22(10-14)17-15-6-7-19-18(23)16(15)20-12(2)21-17/h3-5,8,14H,6-7,9-10H2,1-2H3,(H,19,23). The zero-order chi connectivity index (χ0) is 16.7. The Morgan fingerprint density at radius 3 is 2.88 bits per heavy atom. The first kappa shape index (κ1) is 14.9. The molecular weight excluding hydrogens is 304 g/mol. The molecule has 0 atom stereocenters. The van der Waals surface area contributed by atoms with E-state index >= 15 is 0 Å². The summed E-state index contributed by atoms with van der Waals surface area (Å²) in [6.07, 6.45) is 0.923. The van der Waals surface area contributed by atoms with Crippen LogP contribution in [0.4, 0.5) is 5.82 Å². The van der Waals surface area contributed by atoms with Crippen LogP contribution in [0.15, 0.2) is 24.3 Å². The first-order valence-electron chi connectivity index (χ1n) is 8.24. The lowest BCUT2D eigenvalue weighted by Crippen LogP contribution is -2.55. The van der Waals surface area contributed by atoms with Gasteiger partial charge in [0.15, 0.2) is 0 Å². The highest BCUT2D eigenvalue weighted by Gasteiger charge is 2.34. The molecule has 1 amide bonds. The first-order chi connectivity index (χ1) is 11.6. The molecule has 2 aliphatic rings. The Bertz CT molecular complexity index is 800. The summed E-state index contributed by atoms with van der Waals surface area (Å²) < 4.78 is 6.01. The van der Waals surface area contributed by atoms with Crippen LogP contribution in [0.2, 0.25) is 0 Å². The van der Waals surface area contributed by atoms with E-state index in [-0.39, 0.29) is 12.0 Å². The van der Waals surface area contributed by atoms with Crippen LogP contribution in [-0.2, 0) is 6.42 Å². The number of aromatic nitrogens is 2. The molecule has 1 aromatic heterocycles. The third-order valence-corrected chi connectivity index (χ3v) is 4.41. The Labute approximate surface area is 140 Å². The van der Waals surface area contributed by atoms with E-state index in [0.717, 1.165) is 36.6 Å². The van der Waals surface area contributed by atoms with E-state index in [1.165, 1.54) is 5.56 Å². The molecule has 4 rings (SSSR count). The summed E-state index contributed by atoms with van der Waals surface area (Å²) in [5, 5.41) is 2.84. The lowest BCUT2D eigenvalue weighted by atomic mass is 10.0. The van der Waals surface area contributed by atoms with E-state index < -0.39 is 0 Å². The molecule has 2 aromatic rings. The molecule has 1 N–H and O–H groups in total. The smallest absolute Gasteiger partial charge is 0.270 e. The number of hydrogen-bond acceptors (Lipinski definition) is 5. The summed E-state index contributed by atoms with van der Waals surface area (Å²) in [6.45, 7) is 6.08. The summed E-state index contributed by atoms with van der Waals surface area (Å²) in [4.78, 5) is 23.1. The zero-order valence-corrected chi connectivity index (χ0v) is 13.9. The maximum Gasteiger partial charge on any atom is 0.270 e. The number of fused-ring (bicyclic) bond motifs is 1. The second-order valence-corrected chi connectivity index (χ2v) is 6.39. The van der Waals surface area contributed by atoms with Gasteiger partial charge in [-0.3, -0.25) is 4.79 Å². The van der Waals surface area contributed by atoms with E-state index in [2.05, 4.69) is 33.2 Å². The Hall–Kier alpha value is -2.63. The van der Waals surface area contributed by atoms with Gasteiger partial charge in [-0.1, -0.05) is 12.1 Å². The number of carbonyl (C=O) groups excluding carboxylic acids is 1. The number of rotatable bonds is 3. The molecule has 0 unspecified atom stereocenters. The largest absolute Gasteiger partial charge is 0.487 e. The van der Waals surface area contributed by atoms with Crippen molar-refractivity contribution in [2.45, 2.75) is 26.4 Å². The highest BCUT2D eigenvalue weighted by atomic mass is 16.5. The fraction of sp³-hybridized carbons (Fsp3) is 0.389. The van der Waals surface area contributed by atoms with Gasteiger partial charge in [-0.15, -0.1) is 0 Å². The average Bonchev–Trinajstić information content (AvgIpc) is 2.51. The maximum absolute atomic E-state index is 12.0. The number of ether oxygens (including phenoxy) is 1. The highest BCUT2D eigenvalue weighted by Crippen LogP contribution is 2.29. The van der Waals surface area contributed by atoms with Crippen molar-refractivity contribution < 1.29 is 9.53 Å². The van der Waals surface area contributed by atoms with Gasteiger partial charge in [0.1, 0.15) is 29.2 Å². The molecule has 3 heterocycles. The Morgan fingerprint density at radius 2 is 2.08 bits per heavy atom. The van der Waals surface area contributed by atoms with Crippen molar-refractivity contribution >= 4 is 11.7 Å². The van der Waals surface area contributed by atoms with Gasteiger partial charge in [0.25, 0.3) is 5.91 Å². The van der Waals surface area contributed by atoms with E-state index in [9.17, 15) is 4.79 Å². The maximum atomic E-state index is 12.0. The van der Waals surface area contributed by atoms with Gasteiger partial charge in [-0.25, -0.2) is 9.97 Å². The molecule has 0 bridgehead atoms. The number of carbonyl (C=O) groups is 1. The second kappa shape index (κ2) is 5.78. The molecule has 0 spiro atoms. The summed E-state index contributed by atoms with van der Waals surface area (Å²) in [5.41, 5.74) is 2.67. The van der Waals surface area contributed by atoms with Crippen LogP contribution >= 0.6 is 0 Å². The number of nitrogens with one attached hydrogen (secondary N) is 1. The van der Waals surface area contributed by atoms with Crippen LogP contribution in [0, 0.1) is 13.8 Å². The number of amides is 1. The highest BCUT2D eigenvalue weighted by molar-refractivity contribution is 5.96. The van der Waals surface area contributed by atoms with Crippen LogP contribution < -0.4 is 15.0 Å². The van der Waals surface area contributed by atoms with Gasteiger partial charge in [0.05, 0.1) is 13.1 Å². The number of nitrogens with zero attached hydrogens (tertiary/aromatic N) is 3. The van der Waals surface area contributed by atoms with Crippen LogP contribution in [0.1, 0.15) is 27.4 Å². The number of benzene rings is 1. The Morgan fingerprint density at radius 1 is 1.25 bits per heavy atom. The predicted octanol–water partition coefficient (Wildman–Crippen LogP) is 1.65. The van der Waals surface area contributed by atoms with Gasteiger partial charge in [0, 0.05) is 12.1 Å². The van der Waals surface area contributed by atoms with Crippen LogP contribution in [0.25, 0.3) is 0 Å². The summed E-state index contributed by atoms with van der Waals surface area (Å²) in [7, 11) is 0. The molecule has 24 heavy (non-hydrogen) atoms. The van der Waals surface area contributed by atoms with Crippen LogP contribution in [0.5, 0.6) is 5.75 Å². The third-order valence-electron chi connectivity index (χ3n) is 4.41. The molecular formula is C18H20N4O2. The first-order valence-corrected chi connectivity index (χ1v) is 8.24. The Kier molecular flexibility index (Phi) is 3.59. The van der Waals surface area contributed by atoms with Gasteiger partial charge < -0.3 is 15.0 Å². The van der Waals surface area contributed by atoms with E-state index in [1.807, 2.05) is 25.1 Å². The molecule has 0 aliphatic carbocycles. The molecule has 2 aliphatic heterocycles. The molecule has 0 saturated carbocycles. The normalized spacial score (nSPS) is 17.1. The second-order valence-electron chi connectivity index (χ2n) is 6.39. The monoisotopic (exact) mass is 324 g/mol. The topological polar surface area (TPSA) is 67.3 Å². The zero-order valence-electron chi connectivity index (χ0n) is 13.9. The molecule has 124 valence electrons. The van der Waals surface area contributed by atoms with E-state index in [0.29, 0.717) is 18.1 Å². The Balaban J connectivity index is 1.50. The SMILES string of the molecule is Cc1cccc(OC2CN(c3nc(C)nc4c3CCNC4=O)C2)c1. The van der Waals surface area contributed by atoms with Gasteiger partial charge in [-0.05, 0) is 38.0 Å². The predicted molar refractivity (Wildman–Crippen MR) is 90.6 cm³/mol. The number of anilines is 1. The lowest BCUT2D eigenvalue weighted by Gasteiger charge is -2.41. The fourth-order valence-electron chi connectivity index (χ4n) is 3.21. The van der Waals surface area contributed by atoms with Crippen molar-refractivity contribution in [1.29, 1.82) is 0 Å². The lowest BCUT2D eigenvalue weighted by molar-refractivity contribution is 0.0940. The summed E-state index contributed by atoms with van der Waals surface area (Å²) in [6, 6.07) is 8.09. The van der Waals surface area contributed by atoms with Crippen molar-refractivity contribution in [3.63, 3.8) is 0 Å². The minimum absolute atomic E-state index is 0.101. The average molecular weight is 324 g/mol. The summed E-state index contributed by atoms with van der Waals surface area (Å²) >= 11 is 0. The molecule has 6 nitrogen and oxygen atoms in total. The van der Waals surface area contributed by atoms with E-state index in [1.54, 1.807) is 0 Å². The minimum atomic E-state index is -0.101. The third kappa shape index (κ3) is 2.68. The van der Waals surface area contributed by atoms with Crippen molar-refractivity contribution in [2.24, 2.45) is 0 Å². The molecule has 0 radical (unpaired) electrons. The molecule has 1 saturated heterocycles. The quantitative estimate of drug-likeness (QED) is 0.930. The van der Waals surface area contributed by atoms with Crippen LogP contribution in [0.3, 0.4) is 0 Å². The molecule has 1 aromatic carbocycles. The van der Waals surface area contributed by atoms with Crippen molar-refractivity contribution in [3.8, 4) is 5.75 Å². The number of aryl methyl sites for hydroxylation is 2. The van der Waals surface area contributed by atoms with Crippen molar-refractivity contribution in [2.75, 3.05) is 24.5 Å². The van der Waals surface area contributed by atoms with Gasteiger partial charge >= 0.3 is 0 Å². The van der Waals surface area contributed by atoms with Gasteiger partial charge in [-0.2, -0.15) is 0 Å². The molecule has 6 heteroatoms. The van der Waals surface area contributed by atoms with Crippen molar-refractivity contribution in [1.82, 2.24) is 15.3 Å². The van der Waals surface area contributed by atoms with Crippen molar-refractivity contribution in [3.05, 3.63) is 46.9 Å². The number of hydrogen-bond donors (Lipinski definition) is 1.